The predicted octanol–water partition coefficient (Wildman–Crippen LogP) is 3.57. The highest BCUT2D eigenvalue weighted by molar-refractivity contribution is 5.92. The van der Waals surface area contributed by atoms with Crippen LogP contribution in [-0.4, -0.2) is 10.5 Å². The minimum atomic E-state index is -0.114. The maximum atomic E-state index is 12.5. The molecule has 3 rings (SSSR count). The molecule has 0 bridgehead atoms. The predicted molar refractivity (Wildman–Crippen MR) is 97.5 cm³/mol. The van der Waals surface area contributed by atoms with Gasteiger partial charge in [-0.05, 0) is 50.1 Å². The number of aromatic nitrogens is 1. The quantitative estimate of drug-likeness (QED) is 0.802. The van der Waals surface area contributed by atoms with Gasteiger partial charge < -0.3 is 9.88 Å². The second kappa shape index (κ2) is 6.32. The molecule has 1 aromatic heterocycles. The highest BCUT2D eigenvalue weighted by Crippen LogP contribution is 2.18. The summed E-state index contributed by atoms with van der Waals surface area (Å²) in [4.78, 5) is 24.7. The van der Waals surface area contributed by atoms with Gasteiger partial charge in [-0.2, -0.15) is 0 Å². The first-order chi connectivity index (χ1) is 11.5. The number of nitrogens with zero attached hydrogens (tertiary/aromatic N) is 1. The summed E-state index contributed by atoms with van der Waals surface area (Å²) in [5.41, 5.74) is 4.44. The molecule has 0 saturated heterocycles. The van der Waals surface area contributed by atoms with Gasteiger partial charge >= 0.3 is 0 Å². The molecule has 1 amide bonds. The summed E-state index contributed by atoms with van der Waals surface area (Å²) >= 11 is 0. The lowest BCUT2D eigenvalue weighted by Crippen LogP contribution is -2.22. The van der Waals surface area contributed by atoms with Gasteiger partial charge in [-0.3, -0.25) is 9.59 Å². The van der Waals surface area contributed by atoms with Gasteiger partial charge in [0.15, 0.2) is 5.43 Å². The molecule has 0 saturated carbocycles. The summed E-state index contributed by atoms with van der Waals surface area (Å²) in [6, 6.07) is 14.9. The number of hydrogen-bond donors (Lipinski definition) is 1. The summed E-state index contributed by atoms with van der Waals surface area (Å²) in [7, 11) is 0. The molecule has 0 unspecified atom stereocenters. The monoisotopic (exact) mass is 320 g/mol. The molecule has 1 heterocycles. The number of rotatable bonds is 3. The number of aryl methyl sites for hydroxylation is 3. The van der Waals surface area contributed by atoms with Gasteiger partial charge in [0, 0.05) is 22.8 Å². The molecule has 0 aliphatic rings. The Bertz CT molecular complexity index is 987. The van der Waals surface area contributed by atoms with Crippen LogP contribution in [0, 0.1) is 20.8 Å². The van der Waals surface area contributed by atoms with Crippen molar-refractivity contribution in [2.75, 3.05) is 5.32 Å². The highest BCUT2D eigenvalue weighted by Gasteiger charge is 2.12. The molecule has 4 nitrogen and oxygen atoms in total. The average molecular weight is 320 g/mol. The molecule has 122 valence electrons. The van der Waals surface area contributed by atoms with Crippen molar-refractivity contribution < 1.29 is 4.79 Å². The smallest absolute Gasteiger partial charge is 0.244 e. The Hall–Kier alpha value is -2.88. The number of carbonyl (C=O) groups excluding carboxylic acids is 1. The van der Waals surface area contributed by atoms with E-state index in [-0.39, 0.29) is 17.9 Å². The van der Waals surface area contributed by atoms with Crippen LogP contribution in [0.25, 0.3) is 10.9 Å². The van der Waals surface area contributed by atoms with E-state index in [0.717, 1.165) is 28.0 Å². The fourth-order valence-electron chi connectivity index (χ4n) is 3.01. The molecule has 0 radical (unpaired) electrons. The number of benzene rings is 2. The van der Waals surface area contributed by atoms with E-state index in [0.29, 0.717) is 5.39 Å². The lowest BCUT2D eigenvalue weighted by Gasteiger charge is -2.16. The van der Waals surface area contributed by atoms with Crippen molar-refractivity contribution >= 4 is 22.5 Å². The Labute approximate surface area is 140 Å². The normalized spacial score (nSPS) is 10.8. The molecular weight excluding hydrogens is 300 g/mol. The zero-order chi connectivity index (χ0) is 17.3. The van der Waals surface area contributed by atoms with E-state index >= 15 is 0 Å². The second-order valence-electron chi connectivity index (χ2n) is 6.12. The number of amides is 1. The Kier molecular flexibility index (Phi) is 4.21. The molecule has 1 N–H and O–H groups in total. The van der Waals surface area contributed by atoms with E-state index in [2.05, 4.69) is 5.32 Å². The summed E-state index contributed by atoms with van der Waals surface area (Å²) < 4.78 is 1.90. The first-order valence-corrected chi connectivity index (χ1v) is 7.92. The van der Waals surface area contributed by atoms with Crippen molar-refractivity contribution in [2.45, 2.75) is 27.3 Å². The van der Waals surface area contributed by atoms with Crippen LogP contribution in [0.4, 0.5) is 5.69 Å². The van der Waals surface area contributed by atoms with E-state index in [4.69, 9.17) is 0 Å². The summed E-state index contributed by atoms with van der Waals surface area (Å²) in [5.74, 6) is -0.114. The first kappa shape index (κ1) is 16.0. The third-order valence-corrected chi connectivity index (χ3v) is 4.14. The van der Waals surface area contributed by atoms with Gasteiger partial charge in [0.1, 0.15) is 6.54 Å². The second-order valence-corrected chi connectivity index (χ2v) is 6.12. The number of nitrogens with one attached hydrogen (secondary N) is 1. The summed E-state index contributed by atoms with van der Waals surface area (Å²) in [6.07, 6.45) is 0. The number of carbonyl (C=O) groups is 1. The molecule has 4 heteroatoms. The van der Waals surface area contributed by atoms with Crippen molar-refractivity contribution in [1.29, 1.82) is 0 Å². The van der Waals surface area contributed by atoms with E-state index in [1.54, 1.807) is 12.1 Å². The maximum absolute atomic E-state index is 12.5. The number of para-hydroxylation sites is 1. The van der Waals surface area contributed by atoms with Crippen LogP contribution in [0.2, 0.25) is 0 Å². The molecule has 0 fully saturated rings. The Balaban J connectivity index is 1.98. The maximum Gasteiger partial charge on any atom is 0.244 e. The van der Waals surface area contributed by atoms with Crippen molar-refractivity contribution in [2.24, 2.45) is 0 Å². The number of anilines is 1. The van der Waals surface area contributed by atoms with Crippen molar-refractivity contribution in [1.82, 2.24) is 4.57 Å². The Morgan fingerprint density at radius 2 is 1.79 bits per heavy atom. The summed E-state index contributed by atoms with van der Waals surface area (Å²) in [5, 5.41) is 3.56. The average Bonchev–Trinajstić information content (AvgIpc) is 2.51. The van der Waals surface area contributed by atoms with Crippen LogP contribution < -0.4 is 10.7 Å². The molecule has 0 spiro atoms. The van der Waals surface area contributed by atoms with E-state index in [1.807, 2.05) is 61.7 Å². The van der Waals surface area contributed by atoms with Crippen LogP contribution in [0.3, 0.4) is 0 Å². The molecule has 0 atom stereocenters. The molecule has 3 aromatic rings. The van der Waals surface area contributed by atoms with E-state index < -0.39 is 0 Å². The van der Waals surface area contributed by atoms with Gasteiger partial charge in [0.2, 0.25) is 5.91 Å². The minimum absolute atomic E-state index is 0.0125. The topological polar surface area (TPSA) is 51.1 Å². The van der Waals surface area contributed by atoms with Crippen molar-refractivity contribution in [3.05, 3.63) is 75.6 Å². The van der Waals surface area contributed by atoms with Gasteiger partial charge in [-0.15, -0.1) is 0 Å². The van der Waals surface area contributed by atoms with E-state index in [9.17, 15) is 9.59 Å². The number of pyridine rings is 1. The van der Waals surface area contributed by atoms with Crippen LogP contribution in [0.5, 0.6) is 0 Å². The van der Waals surface area contributed by atoms with Crippen LogP contribution in [0.1, 0.15) is 16.8 Å². The number of fused-ring (bicyclic) bond motifs is 1. The van der Waals surface area contributed by atoms with Crippen LogP contribution in [-0.2, 0) is 11.3 Å². The lowest BCUT2D eigenvalue weighted by atomic mass is 10.1. The van der Waals surface area contributed by atoms with Crippen molar-refractivity contribution in [3.8, 4) is 0 Å². The lowest BCUT2D eigenvalue weighted by molar-refractivity contribution is -0.116. The molecule has 24 heavy (non-hydrogen) atoms. The van der Waals surface area contributed by atoms with Gasteiger partial charge in [0.25, 0.3) is 0 Å². The minimum Gasteiger partial charge on any atom is -0.335 e. The molecule has 0 aliphatic heterocycles. The number of hydrogen-bond acceptors (Lipinski definition) is 2. The summed E-state index contributed by atoms with van der Waals surface area (Å²) in [6.45, 7) is 5.96. The van der Waals surface area contributed by atoms with Gasteiger partial charge in [-0.1, -0.05) is 24.3 Å². The fourth-order valence-corrected chi connectivity index (χ4v) is 3.01. The van der Waals surface area contributed by atoms with Gasteiger partial charge in [0.05, 0.1) is 5.52 Å². The zero-order valence-corrected chi connectivity index (χ0v) is 14.1. The SMILES string of the molecule is Cc1cccc(NC(=O)Cn2c(C)cc(=O)c3cccc(C)c32)c1. The molecule has 0 aliphatic carbocycles. The third-order valence-electron chi connectivity index (χ3n) is 4.14. The highest BCUT2D eigenvalue weighted by atomic mass is 16.2. The molecule has 2 aromatic carbocycles. The first-order valence-electron chi connectivity index (χ1n) is 7.92. The zero-order valence-electron chi connectivity index (χ0n) is 14.1. The Morgan fingerprint density at radius 1 is 1.04 bits per heavy atom. The standard InChI is InChI=1S/C20H20N2O2/c1-13-6-4-8-16(10-13)21-19(24)12-22-15(3)11-18(23)17-9-5-7-14(2)20(17)22/h4-11H,12H2,1-3H3,(H,21,24). The van der Waals surface area contributed by atoms with Crippen LogP contribution in [0.15, 0.2) is 53.3 Å². The Morgan fingerprint density at radius 3 is 2.54 bits per heavy atom. The van der Waals surface area contributed by atoms with E-state index in [1.165, 1.54) is 0 Å². The third kappa shape index (κ3) is 3.08. The van der Waals surface area contributed by atoms with Crippen LogP contribution >= 0.6 is 0 Å². The largest absolute Gasteiger partial charge is 0.335 e. The van der Waals surface area contributed by atoms with Gasteiger partial charge in [-0.25, -0.2) is 0 Å². The molecular formula is C20H20N2O2. The van der Waals surface area contributed by atoms with Crippen molar-refractivity contribution in [3.63, 3.8) is 0 Å². The fraction of sp³-hybridized carbons (Fsp3) is 0.200.